The molecule has 2 rings (SSSR count). The lowest BCUT2D eigenvalue weighted by atomic mass is 10.2. The number of thiazole rings is 1. The molecule has 0 saturated carbocycles. The quantitative estimate of drug-likeness (QED) is 0.657. The summed E-state index contributed by atoms with van der Waals surface area (Å²) in [7, 11) is 0. The zero-order chi connectivity index (χ0) is 14.7. The maximum Gasteiger partial charge on any atom is 0.292 e. The van der Waals surface area contributed by atoms with Crippen LogP contribution in [0.25, 0.3) is 0 Å². The zero-order valence-corrected chi connectivity index (χ0v) is 12.5. The van der Waals surface area contributed by atoms with Crippen LogP contribution in [-0.4, -0.2) is 9.91 Å². The van der Waals surface area contributed by atoms with Crippen LogP contribution >= 0.6 is 11.3 Å². The van der Waals surface area contributed by atoms with Crippen LogP contribution in [0.3, 0.4) is 0 Å². The lowest BCUT2D eigenvalue weighted by molar-refractivity contribution is -0.384. The zero-order valence-electron chi connectivity index (χ0n) is 11.7. The van der Waals surface area contributed by atoms with E-state index in [1.165, 1.54) is 6.07 Å². The van der Waals surface area contributed by atoms with Gasteiger partial charge in [0.25, 0.3) is 5.69 Å². The summed E-state index contributed by atoms with van der Waals surface area (Å²) in [5.74, 6) is 0.395. The molecule has 1 atom stereocenters. The van der Waals surface area contributed by atoms with Gasteiger partial charge < -0.3 is 5.32 Å². The minimum Gasteiger partial charge on any atom is -0.371 e. The molecule has 1 heterocycles. The molecule has 0 saturated heterocycles. The highest BCUT2D eigenvalue weighted by atomic mass is 32.1. The number of aromatic nitrogens is 1. The number of benzene rings is 1. The predicted octanol–water partition coefficient (Wildman–Crippen LogP) is 4.35. The second-order valence-electron chi connectivity index (χ2n) is 4.91. The number of nitro groups is 1. The number of para-hydroxylation sites is 2. The number of nitrogens with one attached hydrogen (secondary N) is 1. The van der Waals surface area contributed by atoms with Crippen LogP contribution in [0, 0.1) is 10.1 Å². The number of nitro benzene ring substituents is 1. The molecule has 2 aromatic rings. The van der Waals surface area contributed by atoms with E-state index in [9.17, 15) is 10.1 Å². The third-order valence-electron chi connectivity index (χ3n) is 2.95. The fraction of sp³-hybridized carbons (Fsp3) is 0.357. The molecule has 0 radical (unpaired) electrons. The van der Waals surface area contributed by atoms with Gasteiger partial charge in [-0.25, -0.2) is 4.98 Å². The molecule has 1 aromatic carbocycles. The van der Waals surface area contributed by atoms with Gasteiger partial charge in [-0.05, 0) is 13.0 Å². The van der Waals surface area contributed by atoms with Gasteiger partial charge in [-0.15, -0.1) is 11.3 Å². The SMILES string of the molecule is CC(C)c1nc(C(C)Nc2ccccc2[N+](=O)[O-])cs1. The summed E-state index contributed by atoms with van der Waals surface area (Å²) in [5, 5.41) is 17.2. The molecule has 6 heteroatoms. The third-order valence-corrected chi connectivity index (χ3v) is 4.11. The largest absolute Gasteiger partial charge is 0.371 e. The Bertz CT molecular complexity index is 610. The number of hydrogen-bond acceptors (Lipinski definition) is 5. The van der Waals surface area contributed by atoms with E-state index in [1.54, 1.807) is 29.5 Å². The lowest BCUT2D eigenvalue weighted by Crippen LogP contribution is -2.09. The summed E-state index contributed by atoms with van der Waals surface area (Å²) in [4.78, 5) is 15.2. The average Bonchev–Trinajstić information content (AvgIpc) is 2.89. The molecule has 0 fully saturated rings. The molecule has 5 nitrogen and oxygen atoms in total. The van der Waals surface area contributed by atoms with Gasteiger partial charge in [0.2, 0.25) is 0 Å². The van der Waals surface area contributed by atoms with Gasteiger partial charge in [-0.1, -0.05) is 26.0 Å². The minimum absolute atomic E-state index is 0.0696. The second-order valence-corrected chi connectivity index (χ2v) is 5.80. The first-order valence-corrected chi connectivity index (χ1v) is 7.32. The number of rotatable bonds is 5. The molecular weight excluding hydrogens is 274 g/mol. The molecule has 1 N–H and O–H groups in total. The highest BCUT2D eigenvalue weighted by Gasteiger charge is 2.17. The van der Waals surface area contributed by atoms with Crippen LogP contribution in [0.2, 0.25) is 0 Å². The first-order chi connectivity index (χ1) is 9.49. The van der Waals surface area contributed by atoms with E-state index < -0.39 is 0 Å². The van der Waals surface area contributed by atoms with Crippen LogP contribution in [-0.2, 0) is 0 Å². The molecule has 0 aliphatic heterocycles. The van der Waals surface area contributed by atoms with Crippen LogP contribution < -0.4 is 5.32 Å². The van der Waals surface area contributed by atoms with Crippen molar-refractivity contribution < 1.29 is 4.92 Å². The second kappa shape index (κ2) is 6.00. The van der Waals surface area contributed by atoms with Crippen LogP contribution in [0.4, 0.5) is 11.4 Å². The molecule has 1 unspecified atom stereocenters. The van der Waals surface area contributed by atoms with Gasteiger partial charge in [0.15, 0.2) is 0 Å². The van der Waals surface area contributed by atoms with Crippen molar-refractivity contribution in [1.82, 2.24) is 4.98 Å². The Morgan fingerprint density at radius 1 is 1.30 bits per heavy atom. The highest BCUT2D eigenvalue weighted by molar-refractivity contribution is 7.09. The van der Waals surface area contributed by atoms with E-state index in [1.807, 2.05) is 12.3 Å². The van der Waals surface area contributed by atoms with Crippen molar-refractivity contribution in [3.63, 3.8) is 0 Å². The Balaban J connectivity index is 2.19. The Kier molecular flexibility index (Phi) is 4.34. The van der Waals surface area contributed by atoms with Crippen molar-refractivity contribution in [2.75, 3.05) is 5.32 Å². The minimum atomic E-state index is -0.379. The molecule has 106 valence electrons. The van der Waals surface area contributed by atoms with Gasteiger partial charge in [0.1, 0.15) is 5.69 Å². The van der Waals surface area contributed by atoms with E-state index in [0.29, 0.717) is 11.6 Å². The average molecular weight is 291 g/mol. The number of hydrogen-bond donors (Lipinski definition) is 1. The standard InChI is InChI=1S/C14H17N3O2S/c1-9(2)14-16-12(8-20-14)10(3)15-11-6-4-5-7-13(11)17(18)19/h4-10,15H,1-3H3. The third kappa shape index (κ3) is 3.14. The molecule has 1 aromatic heterocycles. The van der Waals surface area contributed by atoms with Crippen molar-refractivity contribution in [2.45, 2.75) is 32.7 Å². The van der Waals surface area contributed by atoms with Gasteiger partial charge in [0, 0.05) is 17.4 Å². The van der Waals surface area contributed by atoms with Crippen molar-refractivity contribution >= 4 is 22.7 Å². The van der Waals surface area contributed by atoms with Crippen LogP contribution in [0.5, 0.6) is 0 Å². The van der Waals surface area contributed by atoms with E-state index in [2.05, 4.69) is 24.1 Å². The summed E-state index contributed by atoms with van der Waals surface area (Å²) in [6.07, 6.45) is 0. The monoisotopic (exact) mass is 291 g/mol. The molecule has 0 amide bonds. The van der Waals surface area contributed by atoms with E-state index in [0.717, 1.165) is 10.7 Å². The highest BCUT2D eigenvalue weighted by Crippen LogP contribution is 2.29. The topological polar surface area (TPSA) is 68.1 Å². The van der Waals surface area contributed by atoms with Crippen LogP contribution in [0.1, 0.15) is 43.4 Å². The van der Waals surface area contributed by atoms with Gasteiger partial charge >= 0.3 is 0 Å². The predicted molar refractivity (Wildman–Crippen MR) is 81.3 cm³/mol. The van der Waals surface area contributed by atoms with Crippen molar-refractivity contribution in [2.24, 2.45) is 0 Å². The summed E-state index contributed by atoms with van der Waals surface area (Å²) < 4.78 is 0. The molecule has 0 aliphatic carbocycles. The maximum atomic E-state index is 11.0. The molecule has 20 heavy (non-hydrogen) atoms. The van der Waals surface area contributed by atoms with Crippen LogP contribution in [0.15, 0.2) is 29.6 Å². The molecule has 0 spiro atoms. The first kappa shape index (κ1) is 14.5. The lowest BCUT2D eigenvalue weighted by Gasteiger charge is -2.13. The summed E-state index contributed by atoms with van der Waals surface area (Å²) in [6, 6.07) is 6.58. The van der Waals surface area contributed by atoms with E-state index >= 15 is 0 Å². The maximum absolute atomic E-state index is 11.0. The molecule has 0 bridgehead atoms. The molecular formula is C14H17N3O2S. The van der Waals surface area contributed by atoms with Gasteiger partial charge in [-0.2, -0.15) is 0 Å². The van der Waals surface area contributed by atoms with E-state index in [-0.39, 0.29) is 16.7 Å². The molecule has 0 aliphatic rings. The van der Waals surface area contributed by atoms with Crippen molar-refractivity contribution in [3.8, 4) is 0 Å². The fourth-order valence-electron chi connectivity index (χ4n) is 1.83. The van der Waals surface area contributed by atoms with Gasteiger partial charge in [0.05, 0.1) is 21.7 Å². The Morgan fingerprint density at radius 3 is 2.60 bits per heavy atom. The van der Waals surface area contributed by atoms with Crippen molar-refractivity contribution in [1.29, 1.82) is 0 Å². The van der Waals surface area contributed by atoms with Gasteiger partial charge in [-0.3, -0.25) is 10.1 Å². The normalized spacial score (nSPS) is 12.4. The van der Waals surface area contributed by atoms with Crippen molar-refractivity contribution in [3.05, 3.63) is 50.5 Å². The first-order valence-electron chi connectivity index (χ1n) is 6.44. The smallest absolute Gasteiger partial charge is 0.292 e. The Labute approximate surface area is 121 Å². The number of nitrogens with zero attached hydrogens (tertiary/aromatic N) is 2. The summed E-state index contributed by atoms with van der Waals surface area (Å²) in [5.41, 5.74) is 1.51. The Morgan fingerprint density at radius 2 is 2.00 bits per heavy atom. The summed E-state index contributed by atoms with van der Waals surface area (Å²) >= 11 is 1.62. The Hall–Kier alpha value is -1.95. The summed E-state index contributed by atoms with van der Waals surface area (Å²) in [6.45, 7) is 6.15. The van der Waals surface area contributed by atoms with E-state index in [4.69, 9.17) is 0 Å². The fourth-order valence-corrected chi connectivity index (χ4v) is 2.76. The number of anilines is 1.